The van der Waals surface area contributed by atoms with Crippen LogP contribution >= 0.6 is 0 Å². The van der Waals surface area contributed by atoms with Crippen LogP contribution in [0, 0.1) is 0 Å². The third kappa shape index (κ3) is 4.11. The molecule has 1 saturated heterocycles. The van der Waals surface area contributed by atoms with Gasteiger partial charge in [-0.15, -0.1) is 0 Å². The number of anilines is 1. The summed E-state index contributed by atoms with van der Waals surface area (Å²) in [5.41, 5.74) is 5.93. The van der Waals surface area contributed by atoms with E-state index < -0.39 is 0 Å². The Balaban J connectivity index is 1.50. The number of rotatable bonds is 3. The number of piperidine rings is 1. The summed E-state index contributed by atoms with van der Waals surface area (Å²) >= 11 is 0. The molecule has 0 saturated carbocycles. The van der Waals surface area contributed by atoms with Gasteiger partial charge >= 0.3 is 0 Å². The zero-order chi connectivity index (χ0) is 20.6. The second-order valence-corrected chi connectivity index (χ2v) is 9.69. The number of carbonyl (C=O) groups is 1. The van der Waals surface area contributed by atoms with Crippen molar-refractivity contribution in [1.82, 2.24) is 4.90 Å². The summed E-state index contributed by atoms with van der Waals surface area (Å²) in [7, 11) is 0. The minimum absolute atomic E-state index is 0.115. The molecule has 0 spiro atoms. The predicted octanol–water partition coefficient (Wildman–Crippen LogP) is 5.73. The number of amides is 1. The van der Waals surface area contributed by atoms with E-state index in [1.165, 1.54) is 49.0 Å². The van der Waals surface area contributed by atoms with Crippen molar-refractivity contribution in [3.05, 3.63) is 64.7 Å². The lowest BCUT2D eigenvalue weighted by Crippen LogP contribution is -2.32. The first-order valence-electron chi connectivity index (χ1n) is 11.1. The minimum Gasteiger partial charge on any atom is -0.308 e. The van der Waals surface area contributed by atoms with E-state index in [4.69, 9.17) is 0 Å². The van der Waals surface area contributed by atoms with E-state index in [-0.39, 0.29) is 11.3 Å². The molecule has 1 amide bonds. The summed E-state index contributed by atoms with van der Waals surface area (Å²) in [6.07, 6.45) is 4.89. The molecule has 2 aromatic carbocycles. The van der Waals surface area contributed by atoms with Crippen molar-refractivity contribution in [2.75, 3.05) is 24.5 Å². The monoisotopic (exact) mass is 390 g/mol. The van der Waals surface area contributed by atoms with E-state index >= 15 is 0 Å². The van der Waals surface area contributed by atoms with Gasteiger partial charge in [0, 0.05) is 23.8 Å². The Morgan fingerprint density at radius 3 is 2.28 bits per heavy atom. The van der Waals surface area contributed by atoms with Gasteiger partial charge in [-0.1, -0.05) is 51.5 Å². The lowest BCUT2D eigenvalue weighted by Gasteiger charge is -2.32. The van der Waals surface area contributed by atoms with Gasteiger partial charge in [0.1, 0.15) is 0 Å². The molecule has 0 bridgehead atoms. The van der Waals surface area contributed by atoms with Gasteiger partial charge in [0.2, 0.25) is 0 Å². The zero-order valence-electron chi connectivity index (χ0n) is 18.4. The fourth-order valence-electron chi connectivity index (χ4n) is 4.66. The predicted molar refractivity (Wildman–Crippen MR) is 121 cm³/mol. The molecule has 2 aliphatic heterocycles. The standard InChI is InChI=1S/C26H34N2O/c1-19(27-15-6-5-7-16-27)20-8-10-21(11-9-20)25(29)28-17-14-22-18-23(26(2,3)4)12-13-24(22)28/h8-13,18-19H,5-7,14-17H2,1-4H3. The van der Waals surface area contributed by atoms with E-state index in [9.17, 15) is 4.79 Å². The first-order valence-corrected chi connectivity index (χ1v) is 11.1. The highest BCUT2D eigenvalue weighted by Gasteiger charge is 2.27. The molecular weight excluding hydrogens is 356 g/mol. The van der Waals surface area contributed by atoms with Crippen LogP contribution in [0.4, 0.5) is 5.69 Å². The van der Waals surface area contributed by atoms with Gasteiger partial charge in [-0.2, -0.15) is 0 Å². The number of hydrogen-bond donors (Lipinski definition) is 0. The summed E-state index contributed by atoms with van der Waals surface area (Å²) in [5.74, 6) is 0.115. The van der Waals surface area contributed by atoms with E-state index in [1.807, 2.05) is 17.0 Å². The quantitative estimate of drug-likeness (QED) is 0.668. The second kappa shape index (κ2) is 7.95. The average Bonchev–Trinajstić information content (AvgIpc) is 3.16. The zero-order valence-corrected chi connectivity index (χ0v) is 18.4. The van der Waals surface area contributed by atoms with Gasteiger partial charge in [0.05, 0.1) is 0 Å². The molecule has 1 fully saturated rings. The van der Waals surface area contributed by atoms with Gasteiger partial charge < -0.3 is 4.90 Å². The Morgan fingerprint density at radius 1 is 0.931 bits per heavy atom. The molecule has 0 N–H and O–H groups in total. The van der Waals surface area contributed by atoms with Crippen LogP contribution in [0.3, 0.4) is 0 Å². The molecule has 0 aliphatic carbocycles. The molecule has 1 unspecified atom stereocenters. The SMILES string of the molecule is CC(c1ccc(C(=O)N2CCc3cc(C(C)(C)C)ccc32)cc1)N1CCCCC1. The van der Waals surface area contributed by atoms with Crippen molar-refractivity contribution in [2.24, 2.45) is 0 Å². The van der Waals surface area contributed by atoms with Crippen molar-refractivity contribution >= 4 is 11.6 Å². The average molecular weight is 391 g/mol. The Hall–Kier alpha value is -2.13. The maximum Gasteiger partial charge on any atom is 0.258 e. The Morgan fingerprint density at radius 2 is 1.62 bits per heavy atom. The fourth-order valence-corrected chi connectivity index (χ4v) is 4.66. The summed E-state index contributed by atoms with van der Waals surface area (Å²) in [4.78, 5) is 17.7. The number of likely N-dealkylation sites (tertiary alicyclic amines) is 1. The Labute approximate surface area is 175 Å². The molecule has 3 nitrogen and oxygen atoms in total. The van der Waals surface area contributed by atoms with Crippen LogP contribution in [-0.4, -0.2) is 30.4 Å². The molecular formula is C26H34N2O. The van der Waals surface area contributed by atoms with Gasteiger partial charge in [-0.25, -0.2) is 0 Å². The maximum atomic E-state index is 13.2. The lowest BCUT2D eigenvalue weighted by molar-refractivity contribution is 0.0989. The van der Waals surface area contributed by atoms with Crippen LogP contribution in [0.1, 0.15) is 80.0 Å². The molecule has 1 atom stereocenters. The van der Waals surface area contributed by atoms with Crippen molar-refractivity contribution in [2.45, 2.75) is 64.8 Å². The highest BCUT2D eigenvalue weighted by molar-refractivity contribution is 6.07. The Kier molecular flexibility index (Phi) is 5.52. The smallest absolute Gasteiger partial charge is 0.258 e. The van der Waals surface area contributed by atoms with E-state index in [0.29, 0.717) is 6.04 Å². The summed E-state index contributed by atoms with van der Waals surface area (Å²) < 4.78 is 0. The lowest BCUT2D eigenvalue weighted by atomic mass is 9.86. The van der Waals surface area contributed by atoms with Crippen molar-refractivity contribution in [3.8, 4) is 0 Å². The van der Waals surface area contributed by atoms with Gasteiger partial charge in [0.15, 0.2) is 0 Å². The molecule has 2 heterocycles. The molecule has 154 valence electrons. The Bertz CT molecular complexity index is 873. The second-order valence-electron chi connectivity index (χ2n) is 9.69. The largest absolute Gasteiger partial charge is 0.308 e. The van der Waals surface area contributed by atoms with Gasteiger partial charge in [-0.05, 0) is 79.6 Å². The summed E-state index contributed by atoms with van der Waals surface area (Å²) in [5, 5.41) is 0. The number of carbonyl (C=O) groups excluding carboxylic acids is 1. The van der Waals surface area contributed by atoms with Crippen LogP contribution < -0.4 is 4.90 Å². The fraction of sp³-hybridized carbons (Fsp3) is 0.500. The van der Waals surface area contributed by atoms with Gasteiger partial charge in [0.25, 0.3) is 5.91 Å². The summed E-state index contributed by atoms with van der Waals surface area (Å²) in [6.45, 7) is 12.1. The molecule has 29 heavy (non-hydrogen) atoms. The van der Waals surface area contributed by atoms with Crippen molar-refractivity contribution in [1.29, 1.82) is 0 Å². The van der Waals surface area contributed by atoms with Gasteiger partial charge in [-0.3, -0.25) is 9.69 Å². The van der Waals surface area contributed by atoms with E-state index in [1.54, 1.807) is 0 Å². The first kappa shape index (κ1) is 20.2. The topological polar surface area (TPSA) is 23.6 Å². The number of benzene rings is 2. The molecule has 3 heteroatoms. The van der Waals surface area contributed by atoms with Crippen LogP contribution in [0.25, 0.3) is 0 Å². The molecule has 0 radical (unpaired) electrons. The first-order chi connectivity index (χ1) is 13.8. The normalized spacial score (nSPS) is 18.6. The number of fused-ring (bicyclic) bond motifs is 1. The molecule has 2 aliphatic rings. The van der Waals surface area contributed by atoms with Crippen molar-refractivity contribution < 1.29 is 4.79 Å². The highest BCUT2D eigenvalue weighted by atomic mass is 16.2. The number of hydrogen-bond acceptors (Lipinski definition) is 2. The molecule has 0 aromatic heterocycles. The number of nitrogens with zero attached hydrogens (tertiary/aromatic N) is 2. The van der Waals surface area contributed by atoms with E-state index in [2.05, 4.69) is 62.9 Å². The molecule has 4 rings (SSSR count). The highest BCUT2D eigenvalue weighted by Crippen LogP contribution is 2.34. The van der Waals surface area contributed by atoms with Crippen molar-refractivity contribution in [3.63, 3.8) is 0 Å². The van der Waals surface area contributed by atoms with Crippen LogP contribution in [-0.2, 0) is 11.8 Å². The summed E-state index contributed by atoms with van der Waals surface area (Å²) in [6, 6.07) is 15.3. The van der Waals surface area contributed by atoms with Crippen LogP contribution in [0.5, 0.6) is 0 Å². The minimum atomic E-state index is 0.115. The third-order valence-electron chi connectivity index (χ3n) is 6.66. The maximum absolute atomic E-state index is 13.2. The van der Waals surface area contributed by atoms with E-state index in [0.717, 1.165) is 24.2 Å². The van der Waals surface area contributed by atoms with Crippen LogP contribution in [0.15, 0.2) is 42.5 Å². The molecule has 2 aromatic rings. The third-order valence-corrected chi connectivity index (χ3v) is 6.66. The van der Waals surface area contributed by atoms with Crippen LogP contribution in [0.2, 0.25) is 0 Å².